The summed E-state index contributed by atoms with van der Waals surface area (Å²) in [5, 5.41) is 4.28. The smallest absolute Gasteiger partial charge is 0.416 e. The lowest BCUT2D eigenvalue weighted by atomic mass is 10.1. The van der Waals surface area contributed by atoms with Crippen molar-refractivity contribution in [2.45, 2.75) is 12.8 Å². The Bertz CT molecular complexity index is 1020. The van der Waals surface area contributed by atoms with Gasteiger partial charge in [0.05, 0.1) is 5.56 Å². The Morgan fingerprint density at radius 1 is 1.18 bits per heavy atom. The van der Waals surface area contributed by atoms with Crippen LogP contribution in [0.4, 0.5) is 13.2 Å². The van der Waals surface area contributed by atoms with Gasteiger partial charge in [0.1, 0.15) is 0 Å². The highest BCUT2D eigenvalue weighted by Gasteiger charge is 2.30. The minimum Gasteiger partial charge on any atom is -0.452 e. The van der Waals surface area contributed by atoms with Crippen molar-refractivity contribution in [2.75, 3.05) is 0 Å². The number of carbonyl (C=O) groups is 1. The third-order valence-corrected chi connectivity index (χ3v) is 3.75. The quantitative estimate of drug-likeness (QED) is 0.430. The lowest BCUT2D eigenvalue weighted by molar-refractivity contribution is -0.139. The highest BCUT2D eigenvalue weighted by molar-refractivity contribution is 6.30. The number of halogens is 4. The maximum Gasteiger partial charge on any atom is 0.416 e. The average molecular weight is 409 g/mol. The molecule has 0 fully saturated rings. The van der Waals surface area contributed by atoms with Crippen molar-refractivity contribution in [3.8, 4) is 11.4 Å². The molecule has 0 radical (unpaired) electrons. The van der Waals surface area contributed by atoms with E-state index in [1.165, 1.54) is 18.2 Å². The molecule has 0 bridgehead atoms. The van der Waals surface area contributed by atoms with Gasteiger partial charge < -0.3 is 9.26 Å². The van der Waals surface area contributed by atoms with Crippen LogP contribution in [0.15, 0.2) is 59.1 Å². The summed E-state index contributed by atoms with van der Waals surface area (Å²) in [6, 6.07) is 11.4. The van der Waals surface area contributed by atoms with Crippen molar-refractivity contribution in [3.63, 3.8) is 0 Å². The van der Waals surface area contributed by atoms with Gasteiger partial charge in [-0.3, -0.25) is 0 Å². The summed E-state index contributed by atoms with van der Waals surface area (Å²) < 4.78 is 48.0. The predicted molar refractivity (Wildman–Crippen MR) is 95.0 cm³/mol. The molecule has 144 valence electrons. The van der Waals surface area contributed by atoms with Crippen molar-refractivity contribution < 1.29 is 27.2 Å². The number of hydrogen-bond donors (Lipinski definition) is 0. The number of aromatic nitrogens is 2. The van der Waals surface area contributed by atoms with E-state index in [0.717, 1.165) is 18.2 Å². The first kappa shape index (κ1) is 19.6. The van der Waals surface area contributed by atoms with Crippen molar-refractivity contribution in [2.24, 2.45) is 0 Å². The van der Waals surface area contributed by atoms with Crippen LogP contribution in [0.25, 0.3) is 17.5 Å². The Hall–Kier alpha value is -3.13. The molecule has 0 unspecified atom stereocenters. The van der Waals surface area contributed by atoms with Crippen molar-refractivity contribution in [1.82, 2.24) is 10.1 Å². The van der Waals surface area contributed by atoms with Gasteiger partial charge >= 0.3 is 12.1 Å². The molecule has 28 heavy (non-hydrogen) atoms. The molecule has 9 heteroatoms. The largest absolute Gasteiger partial charge is 0.452 e. The fraction of sp³-hybridized carbons (Fsp3) is 0.105. The van der Waals surface area contributed by atoms with E-state index in [4.69, 9.17) is 20.9 Å². The number of carbonyl (C=O) groups excluding carboxylic acids is 1. The van der Waals surface area contributed by atoms with Crippen LogP contribution in [0.5, 0.6) is 0 Å². The fourth-order valence-corrected chi connectivity index (χ4v) is 2.41. The predicted octanol–water partition coefficient (Wildman–Crippen LogP) is 5.17. The molecule has 0 N–H and O–H groups in total. The van der Waals surface area contributed by atoms with Crippen LogP contribution in [0, 0.1) is 0 Å². The molecule has 0 aliphatic carbocycles. The zero-order valence-electron chi connectivity index (χ0n) is 14.1. The van der Waals surface area contributed by atoms with Crippen molar-refractivity contribution >= 4 is 23.6 Å². The van der Waals surface area contributed by atoms with E-state index in [9.17, 15) is 18.0 Å². The molecule has 5 nitrogen and oxygen atoms in total. The second kappa shape index (κ2) is 8.26. The molecule has 2 aromatic carbocycles. The molecule has 0 atom stereocenters. The van der Waals surface area contributed by atoms with E-state index < -0.39 is 17.7 Å². The van der Waals surface area contributed by atoms with E-state index in [1.807, 2.05) is 0 Å². The lowest BCUT2D eigenvalue weighted by Crippen LogP contribution is -2.04. The SMILES string of the molecule is O=C(/C=C/c1cccc(C(F)(F)F)c1)OCc1nc(-c2cccc(Cl)c2)no1. The van der Waals surface area contributed by atoms with Gasteiger partial charge in [0.15, 0.2) is 6.61 Å². The van der Waals surface area contributed by atoms with Crippen molar-refractivity contribution in [1.29, 1.82) is 0 Å². The molecule has 0 aliphatic rings. The van der Waals surface area contributed by atoms with Gasteiger partial charge in [-0.05, 0) is 35.9 Å². The first-order chi connectivity index (χ1) is 13.3. The highest BCUT2D eigenvalue weighted by atomic mass is 35.5. The first-order valence-electron chi connectivity index (χ1n) is 7.92. The number of benzene rings is 2. The summed E-state index contributed by atoms with van der Waals surface area (Å²) in [6.07, 6.45) is -2.21. The average Bonchev–Trinajstić information content (AvgIpc) is 3.13. The second-order valence-corrected chi connectivity index (χ2v) is 6.02. The molecule has 0 aliphatic heterocycles. The zero-order chi connectivity index (χ0) is 20.1. The molecular weight excluding hydrogens is 397 g/mol. The van der Waals surface area contributed by atoms with Crippen LogP contribution in [-0.2, 0) is 22.3 Å². The highest BCUT2D eigenvalue weighted by Crippen LogP contribution is 2.29. The Morgan fingerprint density at radius 2 is 1.96 bits per heavy atom. The van der Waals surface area contributed by atoms with E-state index in [2.05, 4.69) is 10.1 Å². The Balaban J connectivity index is 1.58. The number of alkyl halides is 3. The second-order valence-electron chi connectivity index (χ2n) is 5.59. The maximum atomic E-state index is 12.7. The first-order valence-corrected chi connectivity index (χ1v) is 8.30. The topological polar surface area (TPSA) is 65.2 Å². The zero-order valence-corrected chi connectivity index (χ0v) is 14.9. The van der Waals surface area contributed by atoms with Gasteiger partial charge in [-0.2, -0.15) is 18.2 Å². The van der Waals surface area contributed by atoms with Crippen LogP contribution in [0.2, 0.25) is 5.02 Å². The minimum absolute atomic E-state index is 0.0656. The number of rotatable bonds is 5. The van der Waals surface area contributed by atoms with Gasteiger partial charge in [-0.15, -0.1) is 0 Å². The Morgan fingerprint density at radius 3 is 2.71 bits per heavy atom. The number of ether oxygens (including phenoxy) is 1. The van der Waals surface area contributed by atoms with E-state index in [-0.39, 0.29) is 23.9 Å². The number of esters is 1. The summed E-state index contributed by atoms with van der Waals surface area (Å²) in [7, 11) is 0. The molecule has 1 heterocycles. The molecule has 0 amide bonds. The molecule has 3 aromatic rings. The normalized spacial score (nSPS) is 11.7. The molecule has 0 saturated heterocycles. The summed E-state index contributed by atoms with van der Waals surface area (Å²) in [4.78, 5) is 15.8. The van der Waals surface area contributed by atoms with Crippen LogP contribution < -0.4 is 0 Å². The standard InChI is InChI=1S/C19H12ClF3N2O3/c20-15-6-2-4-13(10-15)18-24-16(28-25-18)11-27-17(26)8-7-12-3-1-5-14(9-12)19(21,22)23/h1-10H,11H2/b8-7+. The number of nitrogens with zero attached hydrogens (tertiary/aromatic N) is 2. The van der Waals surface area contributed by atoms with Gasteiger partial charge in [-0.1, -0.05) is 41.0 Å². The van der Waals surface area contributed by atoms with E-state index in [1.54, 1.807) is 24.3 Å². The van der Waals surface area contributed by atoms with Crippen LogP contribution in [-0.4, -0.2) is 16.1 Å². The van der Waals surface area contributed by atoms with Crippen LogP contribution in [0.3, 0.4) is 0 Å². The Kier molecular flexibility index (Phi) is 5.79. The fourth-order valence-electron chi connectivity index (χ4n) is 2.22. The van der Waals surface area contributed by atoms with Gasteiger partial charge in [-0.25, -0.2) is 4.79 Å². The lowest BCUT2D eigenvalue weighted by Gasteiger charge is -2.06. The van der Waals surface area contributed by atoms with Gasteiger partial charge in [0.2, 0.25) is 5.82 Å². The number of hydrogen-bond acceptors (Lipinski definition) is 5. The Labute approximate surface area is 162 Å². The van der Waals surface area contributed by atoms with Crippen LogP contribution >= 0.6 is 11.6 Å². The van der Waals surface area contributed by atoms with Gasteiger partial charge in [0.25, 0.3) is 5.89 Å². The van der Waals surface area contributed by atoms with E-state index in [0.29, 0.717) is 10.6 Å². The monoisotopic (exact) mass is 408 g/mol. The summed E-state index contributed by atoms with van der Waals surface area (Å²) in [5.41, 5.74) is 0.0495. The molecular formula is C19H12ClF3N2O3. The summed E-state index contributed by atoms with van der Waals surface area (Å²) in [5.74, 6) is -0.413. The summed E-state index contributed by atoms with van der Waals surface area (Å²) in [6.45, 7) is -0.278. The maximum absolute atomic E-state index is 12.7. The summed E-state index contributed by atoms with van der Waals surface area (Å²) >= 11 is 5.90. The molecule has 0 spiro atoms. The molecule has 0 saturated carbocycles. The molecule has 1 aromatic heterocycles. The minimum atomic E-state index is -4.46. The third kappa shape index (κ3) is 5.20. The van der Waals surface area contributed by atoms with Crippen LogP contribution in [0.1, 0.15) is 17.0 Å². The van der Waals surface area contributed by atoms with Gasteiger partial charge in [0, 0.05) is 16.7 Å². The molecule has 3 rings (SSSR count). The van der Waals surface area contributed by atoms with E-state index >= 15 is 0 Å². The third-order valence-electron chi connectivity index (χ3n) is 3.51. The van der Waals surface area contributed by atoms with Crippen molar-refractivity contribution in [3.05, 3.63) is 76.6 Å².